The van der Waals surface area contributed by atoms with Gasteiger partial charge in [0, 0.05) is 39.6 Å². The predicted molar refractivity (Wildman–Crippen MR) is 109 cm³/mol. The van der Waals surface area contributed by atoms with E-state index >= 15 is 0 Å². The second-order valence-corrected chi connectivity index (χ2v) is 6.74. The van der Waals surface area contributed by atoms with E-state index in [9.17, 15) is 0 Å². The minimum absolute atomic E-state index is 0.549. The van der Waals surface area contributed by atoms with Crippen molar-refractivity contribution < 1.29 is 0 Å². The second-order valence-electron chi connectivity index (χ2n) is 5.89. The Balaban J connectivity index is 1.81. The Labute approximate surface area is 156 Å². The van der Waals surface area contributed by atoms with E-state index in [-0.39, 0.29) is 0 Å². The van der Waals surface area contributed by atoms with Crippen LogP contribution in [0.4, 0.5) is 5.69 Å². The molecule has 0 aliphatic carbocycles. The molecule has 0 aliphatic rings. The van der Waals surface area contributed by atoms with Gasteiger partial charge in [0.15, 0.2) is 0 Å². The Kier molecular flexibility index (Phi) is 4.24. The lowest BCUT2D eigenvalue weighted by Gasteiger charge is -2.03. The molecule has 0 bridgehead atoms. The Morgan fingerprint density at radius 3 is 2.52 bits per heavy atom. The number of aryl methyl sites for hydroxylation is 1. The molecule has 1 heterocycles. The molecule has 0 fully saturated rings. The van der Waals surface area contributed by atoms with Crippen molar-refractivity contribution in [2.24, 2.45) is 4.99 Å². The summed E-state index contributed by atoms with van der Waals surface area (Å²) >= 11 is 12.1. The van der Waals surface area contributed by atoms with Crippen LogP contribution in [0.2, 0.25) is 10.0 Å². The monoisotopic (exact) mass is 366 g/mol. The van der Waals surface area contributed by atoms with Crippen molar-refractivity contribution >= 4 is 56.9 Å². The van der Waals surface area contributed by atoms with Gasteiger partial charge in [0.1, 0.15) is 0 Å². The van der Waals surface area contributed by atoms with Gasteiger partial charge in [-0.2, -0.15) is 0 Å². The van der Waals surface area contributed by atoms with Gasteiger partial charge in [-0.25, -0.2) is 0 Å². The van der Waals surface area contributed by atoms with Gasteiger partial charge in [0.05, 0.1) is 10.7 Å². The molecule has 0 atom stereocenters. The molecular weight excluding hydrogens is 351 g/mol. The van der Waals surface area contributed by atoms with Gasteiger partial charge < -0.3 is 4.57 Å². The average Bonchev–Trinajstić information content (AvgIpc) is 2.94. The van der Waals surface area contributed by atoms with Crippen LogP contribution in [0.15, 0.2) is 65.7 Å². The fourth-order valence-electron chi connectivity index (χ4n) is 3.22. The van der Waals surface area contributed by atoms with Crippen LogP contribution in [-0.4, -0.2) is 10.8 Å². The molecule has 0 amide bonds. The van der Waals surface area contributed by atoms with E-state index in [1.54, 1.807) is 12.1 Å². The third kappa shape index (κ3) is 2.92. The predicted octanol–water partition coefficient (Wildman–Crippen LogP) is 6.87. The number of aromatic nitrogens is 1. The maximum atomic E-state index is 6.19. The molecule has 124 valence electrons. The first kappa shape index (κ1) is 16.2. The summed E-state index contributed by atoms with van der Waals surface area (Å²) in [5.74, 6) is 0. The highest BCUT2D eigenvalue weighted by atomic mass is 35.5. The minimum atomic E-state index is 0.549. The van der Waals surface area contributed by atoms with E-state index in [0.29, 0.717) is 15.7 Å². The summed E-state index contributed by atoms with van der Waals surface area (Å²) in [5.41, 5.74) is 4.25. The maximum Gasteiger partial charge on any atom is 0.0817 e. The molecule has 4 aromatic rings. The number of para-hydroxylation sites is 1. The molecule has 0 N–H and O–H groups in total. The summed E-state index contributed by atoms with van der Waals surface area (Å²) in [6.07, 6.45) is 1.84. The summed E-state index contributed by atoms with van der Waals surface area (Å²) in [6, 6.07) is 20.2. The molecule has 1 aromatic heterocycles. The Morgan fingerprint density at radius 1 is 0.920 bits per heavy atom. The summed E-state index contributed by atoms with van der Waals surface area (Å²) in [7, 11) is 0. The summed E-state index contributed by atoms with van der Waals surface area (Å²) in [6.45, 7) is 3.11. The van der Waals surface area contributed by atoms with Crippen LogP contribution in [-0.2, 0) is 6.54 Å². The van der Waals surface area contributed by atoms with Crippen molar-refractivity contribution in [1.29, 1.82) is 0 Å². The largest absolute Gasteiger partial charge is 0.341 e. The lowest BCUT2D eigenvalue weighted by molar-refractivity contribution is 0.827. The molecule has 4 rings (SSSR count). The number of aliphatic imine (C=N–C) groups is 1. The highest BCUT2D eigenvalue weighted by Crippen LogP contribution is 2.30. The summed E-state index contributed by atoms with van der Waals surface area (Å²) in [5, 5.41) is 3.66. The molecule has 2 nitrogen and oxygen atoms in total. The van der Waals surface area contributed by atoms with Gasteiger partial charge in [-0.1, -0.05) is 47.5 Å². The maximum absolute atomic E-state index is 6.19. The quantitative estimate of drug-likeness (QED) is 0.352. The molecule has 0 saturated carbocycles. The van der Waals surface area contributed by atoms with Crippen molar-refractivity contribution in [2.45, 2.75) is 13.5 Å². The van der Waals surface area contributed by atoms with Crippen LogP contribution in [0.25, 0.3) is 21.8 Å². The second kappa shape index (κ2) is 6.55. The molecule has 0 aliphatic heterocycles. The average molecular weight is 367 g/mol. The van der Waals surface area contributed by atoms with Gasteiger partial charge >= 0.3 is 0 Å². The van der Waals surface area contributed by atoms with E-state index in [2.05, 4.69) is 58.9 Å². The van der Waals surface area contributed by atoms with Gasteiger partial charge in [-0.15, -0.1) is 0 Å². The van der Waals surface area contributed by atoms with E-state index in [1.807, 2.05) is 12.3 Å². The lowest BCUT2D eigenvalue weighted by Crippen LogP contribution is -1.92. The van der Waals surface area contributed by atoms with E-state index in [4.69, 9.17) is 23.2 Å². The van der Waals surface area contributed by atoms with Crippen LogP contribution in [0.3, 0.4) is 0 Å². The molecule has 25 heavy (non-hydrogen) atoms. The van der Waals surface area contributed by atoms with Gasteiger partial charge in [0.2, 0.25) is 0 Å². The first-order valence-electron chi connectivity index (χ1n) is 8.17. The number of nitrogens with zero attached hydrogens (tertiary/aromatic N) is 2. The highest BCUT2D eigenvalue weighted by molar-refractivity contribution is 6.36. The zero-order valence-electron chi connectivity index (χ0n) is 13.7. The molecule has 0 saturated heterocycles. The van der Waals surface area contributed by atoms with Crippen molar-refractivity contribution in [1.82, 2.24) is 4.57 Å². The van der Waals surface area contributed by atoms with Crippen molar-refractivity contribution in [2.75, 3.05) is 0 Å². The van der Waals surface area contributed by atoms with Gasteiger partial charge in [-0.3, -0.25) is 4.99 Å². The third-order valence-corrected chi connectivity index (χ3v) is 4.91. The van der Waals surface area contributed by atoms with E-state index in [0.717, 1.165) is 12.1 Å². The summed E-state index contributed by atoms with van der Waals surface area (Å²) < 4.78 is 2.33. The molecule has 0 spiro atoms. The third-order valence-electron chi connectivity index (χ3n) is 4.38. The Bertz CT molecular complexity index is 1110. The van der Waals surface area contributed by atoms with Crippen LogP contribution in [0, 0.1) is 0 Å². The number of benzene rings is 3. The summed E-state index contributed by atoms with van der Waals surface area (Å²) in [4.78, 5) is 4.51. The Hall–Kier alpha value is -2.29. The zero-order valence-corrected chi connectivity index (χ0v) is 15.2. The SMILES string of the molecule is CCn1c2ccccc2c2cc(C=Nc3ccc(Cl)cc3Cl)ccc21. The van der Waals surface area contributed by atoms with Crippen molar-refractivity contribution in [3.63, 3.8) is 0 Å². The van der Waals surface area contributed by atoms with E-state index < -0.39 is 0 Å². The molecule has 0 radical (unpaired) electrons. The highest BCUT2D eigenvalue weighted by Gasteiger charge is 2.09. The normalized spacial score (nSPS) is 11.8. The molecular formula is C21H16Cl2N2. The smallest absolute Gasteiger partial charge is 0.0817 e. The first-order chi connectivity index (χ1) is 12.2. The standard InChI is InChI=1S/C21H16Cl2N2/c1-2-25-20-6-4-3-5-16(20)17-11-14(7-10-21(17)25)13-24-19-9-8-15(22)12-18(19)23/h3-13H,2H2,1H3. The fourth-order valence-corrected chi connectivity index (χ4v) is 3.68. The topological polar surface area (TPSA) is 17.3 Å². The minimum Gasteiger partial charge on any atom is -0.341 e. The number of hydrogen-bond acceptors (Lipinski definition) is 1. The lowest BCUT2D eigenvalue weighted by atomic mass is 10.1. The van der Waals surface area contributed by atoms with Crippen molar-refractivity contribution in [3.8, 4) is 0 Å². The fraction of sp³-hybridized carbons (Fsp3) is 0.0952. The van der Waals surface area contributed by atoms with Crippen LogP contribution < -0.4 is 0 Å². The number of rotatable bonds is 3. The van der Waals surface area contributed by atoms with Crippen molar-refractivity contribution in [3.05, 3.63) is 76.3 Å². The number of fused-ring (bicyclic) bond motifs is 3. The van der Waals surface area contributed by atoms with Crippen LogP contribution in [0.1, 0.15) is 12.5 Å². The van der Waals surface area contributed by atoms with Crippen LogP contribution >= 0.6 is 23.2 Å². The Morgan fingerprint density at radius 2 is 1.72 bits per heavy atom. The van der Waals surface area contributed by atoms with Crippen LogP contribution in [0.5, 0.6) is 0 Å². The molecule has 4 heteroatoms. The van der Waals surface area contributed by atoms with E-state index in [1.165, 1.54) is 21.8 Å². The van der Waals surface area contributed by atoms with Gasteiger partial charge in [0.25, 0.3) is 0 Å². The molecule has 3 aromatic carbocycles. The first-order valence-corrected chi connectivity index (χ1v) is 8.93. The number of hydrogen-bond donors (Lipinski definition) is 0. The van der Waals surface area contributed by atoms with Gasteiger partial charge in [-0.05, 0) is 48.9 Å². The number of halogens is 2. The molecule has 0 unspecified atom stereocenters. The zero-order chi connectivity index (χ0) is 17.4.